The maximum atomic E-state index is 2.36. The number of hydrogen-bond donors (Lipinski definition) is 0. The first kappa shape index (κ1) is 5.65. The summed E-state index contributed by atoms with van der Waals surface area (Å²) in [6, 6.07) is 0. The third-order valence-corrected chi connectivity index (χ3v) is 0. The molecule has 0 saturated carbocycles. The Balaban J connectivity index is 3.02. The molecule has 0 atom stereocenters. The summed E-state index contributed by atoms with van der Waals surface area (Å²) >= 11 is 0. The van der Waals surface area contributed by atoms with E-state index in [0.717, 1.165) is 0 Å². The van der Waals surface area contributed by atoms with Gasteiger partial charge in [0.2, 0.25) is 0 Å². The second kappa shape index (κ2) is 1.40. The van der Waals surface area contributed by atoms with Gasteiger partial charge in [0.25, 0.3) is 0 Å². The Hall–Kier alpha value is 0.647. The third kappa shape index (κ3) is 77.8. The van der Waals surface area contributed by atoms with Gasteiger partial charge in [0.05, 0.1) is 0 Å². The molecule has 0 heterocycles. The van der Waals surface area contributed by atoms with Crippen LogP contribution >= 0.6 is 6.81 Å². The summed E-state index contributed by atoms with van der Waals surface area (Å²) in [4.78, 5) is 0. The van der Waals surface area contributed by atoms with Crippen molar-refractivity contribution in [1.29, 1.82) is 0 Å². The zero-order valence-electron chi connectivity index (χ0n) is 4.45. The van der Waals surface area contributed by atoms with Crippen molar-refractivity contribution in [3.8, 4) is 0 Å². The van der Waals surface area contributed by atoms with E-state index in [1.807, 2.05) is 0 Å². The molecule has 0 amide bonds. The molecule has 0 aromatic rings. The SMILES string of the molecule is C[P+](C)(C)[SiH3]. The minimum absolute atomic E-state index is 0.250. The van der Waals surface area contributed by atoms with Crippen molar-refractivity contribution in [3.05, 3.63) is 0 Å². The van der Waals surface area contributed by atoms with Gasteiger partial charge in [0.1, 0.15) is 0 Å². The van der Waals surface area contributed by atoms with Crippen molar-refractivity contribution >= 4 is 16.7 Å². The summed E-state index contributed by atoms with van der Waals surface area (Å²) < 4.78 is 0. The first-order valence-electron chi connectivity index (χ1n) is 1.79. The lowest BCUT2D eigenvalue weighted by Crippen LogP contribution is -1.77. The number of hydrogen-bond acceptors (Lipinski definition) is 0. The van der Waals surface area contributed by atoms with Crippen LogP contribution in [0.3, 0.4) is 0 Å². The second-order valence-corrected chi connectivity index (χ2v) is 16.1. The zero-order valence-corrected chi connectivity index (χ0v) is 7.34. The molecule has 0 N–H and O–H groups in total. The Kier molecular flexibility index (Phi) is 1.58. The molecule has 2 heteroatoms. The predicted molar refractivity (Wildman–Crippen MR) is 34.6 cm³/mol. The van der Waals surface area contributed by atoms with Crippen LogP contribution in [0.2, 0.25) is 0 Å². The Morgan fingerprint density at radius 2 is 1.20 bits per heavy atom. The molecule has 5 heavy (non-hydrogen) atoms. The molecule has 0 aromatic heterocycles. The van der Waals surface area contributed by atoms with E-state index < -0.39 is 0 Å². The lowest BCUT2D eigenvalue weighted by molar-refractivity contribution is 2.10. The normalized spacial score (nSPS) is 12.6. The van der Waals surface area contributed by atoms with E-state index in [9.17, 15) is 0 Å². The van der Waals surface area contributed by atoms with Crippen LogP contribution in [0.4, 0.5) is 0 Å². The van der Waals surface area contributed by atoms with Crippen molar-refractivity contribution < 1.29 is 0 Å². The molecule has 0 aromatic carbocycles. The summed E-state index contributed by atoms with van der Waals surface area (Å²) in [6.45, 7) is 6.83. The lowest BCUT2D eigenvalue weighted by Gasteiger charge is -1.98. The number of rotatable bonds is 0. The Morgan fingerprint density at radius 1 is 1.20 bits per heavy atom. The topological polar surface area (TPSA) is 0 Å². The van der Waals surface area contributed by atoms with Gasteiger partial charge in [-0.15, -0.1) is 0 Å². The molecule has 0 saturated heterocycles. The quantitative estimate of drug-likeness (QED) is 0.306. The minimum atomic E-state index is -0.250. The maximum Gasteiger partial charge on any atom is 0.183 e. The van der Waals surface area contributed by atoms with Crippen LogP contribution in [0.15, 0.2) is 0 Å². The molecule has 0 nitrogen and oxygen atoms in total. The van der Waals surface area contributed by atoms with Gasteiger partial charge >= 0.3 is 0 Å². The average Bonchev–Trinajstić information content (AvgIpc) is 0.722. The average molecular weight is 107 g/mol. The van der Waals surface area contributed by atoms with Gasteiger partial charge in [0.15, 0.2) is 9.91 Å². The molecule has 0 bridgehead atoms. The fourth-order valence-corrected chi connectivity index (χ4v) is 0. The van der Waals surface area contributed by atoms with Gasteiger partial charge < -0.3 is 0 Å². The van der Waals surface area contributed by atoms with Crippen molar-refractivity contribution in [2.24, 2.45) is 0 Å². The van der Waals surface area contributed by atoms with Crippen molar-refractivity contribution in [2.45, 2.75) is 0 Å². The summed E-state index contributed by atoms with van der Waals surface area (Å²) in [5.41, 5.74) is 0. The Bertz CT molecular complexity index is 22.4. The fourth-order valence-electron chi connectivity index (χ4n) is 0. The zero-order chi connectivity index (χ0) is 4.50. The molecule has 0 unspecified atom stereocenters. The maximum absolute atomic E-state index is 2.36. The molecule has 32 valence electrons. The minimum Gasteiger partial charge on any atom is -0.0389 e. The van der Waals surface area contributed by atoms with Gasteiger partial charge in [-0.05, 0) is 6.81 Å². The van der Waals surface area contributed by atoms with Crippen LogP contribution in [-0.4, -0.2) is 29.9 Å². The first-order valence-corrected chi connectivity index (χ1v) is 8.05. The Morgan fingerprint density at radius 3 is 1.20 bits per heavy atom. The van der Waals surface area contributed by atoms with E-state index >= 15 is 0 Å². The third-order valence-electron chi connectivity index (χ3n) is 0. The van der Waals surface area contributed by atoms with E-state index in [2.05, 4.69) is 20.0 Å². The van der Waals surface area contributed by atoms with Crippen LogP contribution < -0.4 is 0 Å². The molecule has 0 radical (unpaired) electrons. The van der Waals surface area contributed by atoms with Gasteiger partial charge in [0, 0.05) is 20.0 Å². The largest absolute Gasteiger partial charge is 0.183 e. The van der Waals surface area contributed by atoms with Crippen LogP contribution in [0.5, 0.6) is 0 Å². The van der Waals surface area contributed by atoms with Gasteiger partial charge in [-0.2, -0.15) is 0 Å². The van der Waals surface area contributed by atoms with E-state index in [-0.39, 0.29) is 6.81 Å². The molecular weight excluding hydrogens is 95.1 g/mol. The van der Waals surface area contributed by atoms with E-state index in [4.69, 9.17) is 0 Å². The van der Waals surface area contributed by atoms with Crippen LogP contribution in [0, 0.1) is 0 Å². The van der Waals surface area contributed by atoms with E-state index in [0.29, 0.717) is 0 Å². The molecule has 0 aliphatic carbocycles. The van der Waals surface area contributed by atoms with E-state index in [1.54, 1.807) is 0 Å². The van der Waals surface area contributed by atoms with Crippen LogP contribution in [-0.2, 0) is 0 Å². The highest BCUT2D eigenvalue weighted by Gasteiger charge is 2.02. The van der Waals surface area contributed by atoms with Crippen LogP contribution in [0.25, 0.3) is 0 Å². The van der Waals surface area contributed by atoms with Gasteiger partial charge in [-0.3, -0.25) is 0 Å². The Labute approximate surface area is 37.6 Å². The molecule has 0 spiro atoms. The molecular formula is C3H12PSi+. The summed E-state index contributed by atoms with van der Waals surface area (Å²) in [5, 5.41) is 0. The monoisotopic (exact) mass is 107 g/mol. The summed E-state index contributed by atoms with van der Waals surface area (Å²) in [7, 11) is 1.42. The van der Waals surface area contributed by atoms with Crippen molar-refractivity contribution in [3.63, 3.8) is 0 Å². The van der Waals surface area contributed by atoms with Crippen LogP contribution in [0.1, 0.15) is 0 Å². The highest BCUT2D eigenvalue weighted by Crippen LogP contribution is 2.38. The van der Waals surface area contributed by atoms with Crippen molar-refractivity contribution in [2.75, 3.05) is 20.0 Å². The van der Waals surface area contributed by atoms with E-state index in [1.165, 1.54) is 9.91 Å². The first-order chi connectivity index (χ1) is 2.00. The summed E-state index contributed by atoms with van der Waals surface area (Å²) in [5.74, 6) is 0. The fraction of sp³-hybridized carbons (Fsp3) is 1.00. The molecule has 0 rings (SSSR count). The smallest absolute Gasteiger partial charge is 0.0389 e. The molecule has 0 aliphatic heterocycles. The highest BCUT2D eigenvalue weighted by molar-refractivity contribution is 7.95. The lowest BCUT2D eigenvalue weighted by atomic mass is 11.9. The standard InChI is InChI=1S/C3H12PSi/c1-4(2,3)5/h1-3,5H3/q+1. The molecule has 0 aliphatic rings. The molecule has 0 fully saturated rings. The predicted octanol–water partition coefficient (Wildman–Crippen LogP) is 0.174. The van der Waals surface area contributed by atoms with Gasteiger partial charge in [-0.25, -0.2) is 0 Å². The second-order valence-electron chi connectivity index (χ2n) is 2.68. The van der Waals surface area contributed by atoms with Gasteiger partial charge in [-0.1, -0.05) is 0 Å². The van der Waals surface area contributed by atoms with Crippen molar-refractivity contribution in [1.82, 2.24) is 0 Å². The summed E-state index contributed by atoms with van der Waals surface area (Å²) in [6.07, 6.45) is 0. The highest BCUT2D eigenvalue weighted by atomic mass is 31.4.